The second kappa shape index (κ2) is 4.95. The first-order valence-electron chi connectivity index (χ1n) is 6.72. The lowest BCUT2D eigenvalue weighted by molar-refractivity contribution is 0.450. The van der Waals surface area contributed by atoms with E-state index in [1.807, 2.05) is 37.3 Å². The van der Waals surface area contributed by atoms with Crippen LogP contribution < -0.4 is 10.5 Å². The van der Waals surface area contributed by atoms with Crippen molar-refractivity contribution in [3.63, 3.8) is 0 Å². The molecule has 1 aliphatic heterocycles. The van der Waals surface area contributed by atoms with Crippen LogP contribution in [0.25, 0.3) is 0 Å². The maximum absolute atomic E-state index is 9.45. The van der Waals surface area contributed by atoms with Gasteiger partial charge >= 0.3 is 0 Å². The molecule has 1 heterocycles. The van der Waals surface area contributed by atoms with Crippen molar-refractivity contribution in [3.05, 3.63) is 59.2 Å². The highest BCUT2D eigenvalue weighted by molar-refractivity contribution is 5.85. The predicted octanol–water partition coefficient (Wildman–Crippen LogP) is 3.22. The van der Waals surface area contributed by atoms with Crippen LogP contribution in [0.2, 0.25) is 0 Å². The number of nitrogens with two attached hydrogens (primary N) is 1. The van der Waals surface area contributed by atoms with Crippen LogP contribution in [-0.2, 0) is 0 Å². The molecule has 3 N–H and O–H groups in total. The first-order valence-corrected chi connectivity index (χ1v) is 6.72. The van der Waals surface area contributed by atoms with Gasteiger partial charge in [-0.05, 0) is 18.6 Å². The van der Waals surface area contributed by atoms with Crippen molar-refractivity contribution < 1.29 is 4.74 Å². The third kappa shape index (κ3) is 2.23. The molecule has 0 aromatic heterocycles. The Balaban J connectivity index is 2.20. The van der Waals surface area contributed by atoms with Crippen molar-refractivity contribution in [1.29, 1.82) is 10.7 Å². The van der Waals surface area contributed by atoms with Crippen molar-refractivity contribution in [2.45, 2.75) is 12.8 Å². The number of nitrogen functional groups attached to an aromatic ring is 1. The van der Waals surface area contributed by atoms with Crippen LogP contribution in [0.3, 0.4) is 0 Å². The molecule has 0 bridgehead atoms. The molecule has 0 aliphatic carbocycles. The van der Waals surface area contributed by atoms with E-state index in [1.54, 1.807) is 12.1 Å². The van der Waals surface area contributed by atoms with E-state index in [0.717, 1.165) is 16.7 Å². The molecule has 0 saturated carbocycles. The van der Waals surface area contributed by atoms with Crippen molar-refractivity contribution in [3.8, 4) is 11.8 Å². The normalized spacial score (nSPS) is 20.3. The van der Waals surface area contributed by atoms with Crippen molar-refractivity contribution in [2.24, 2.45) is 5.92 Å². The molecular formula is C17H15N3O. The molecule has 3 rings (SSSR count). The van der Waals surface area contributed by atoms with Crippen LogP contribution in [0.4, 0.5) is 5.69 Å². The zero-order chi connectivity index (χ0) is 15.0. The minimum Gasteiger partial charge on any atom is -0.442 e. The maximum atomic E-state index is 9.45. The Morgan fingerprint density at radius 1 is 1.24 bits per heavy atom. The first-order chi connectivity index (χ1) is 10.1. The Morgan fingerprint density at radius 3 is 2.76 bits per heavy atom. The molecule has 0 amide bonds. The van der Waals surface area contributed by atoms with Gasteiger partial charge in [0.25, 0.3) is 0 Å². The second-order valence-electron chi connectivity index (χ2n) is 5.26. The fraction of sp³-hybridized carbons (Fsp3) is 0.176. The fourth-order valence-electron chi connectivity index (χ4n) is 2.78. The van der Waals surface area contributed by atoms with Crippen LogP contribution in [0.15, 0.2) is 42.5 Å². The zero-order valence-electron chi connectivity index (χ0n) is 11.6. The molecule has 1 aliphatic rings. The van der Waals surface area contributed by atoms with E-state index >= 15 is 0 Å². The largest absolute Gasteiger partial charge is 0.442 e. The fourth-order valence-corrected chi connectivity index (χ4v) is 2.78. The Morgan fingerprint density at radius 2 is 2.05 bits per heavy atom. The number of nitriles is 1. The third-order valence-corrected chi connectivity index (χ3v) is 3.75. The number of aryl methyl sites for hydroxylation is 1. The number of fused-ring (bicyclic) bond motifs is 1. The lowest BCUT2D eigenvalue weighted by Crippen LogP contribution is -2.31. The van der Waals surface area contributed by atoms with Gasteiger partial charge < -0.3 is 10.5 Å². The average molecular weight is 277 g/mol. The van der Waals surface area contributed by atoms with Crippen LogP contribution in [0.5, 0.6) is 5.75 Å². The monoisotopic (exact) mass is 277 g/mol. The van der Waals surface area contributed by atoms with E-state index in [2.05, 4.69) is 6.07 Å². The highest BCUT2D eigenvalue weighted by Gasteiger charge is 2.36. The number of hydrogen-bond donors (Lipinski definition) is 2. The van der Waals surface area contributed by atoms with Crippen LogP contribution in [0, 0.1) is 29.6 Å². The maximum Gasteiger partial charge on any atom is 0.205 e. The molecule has 4 heteroatoms. The van der Waals surface area contributed by atoms with E-state index < -0.39 is 5.92 Å². The molecule has 0 fully saturated rings. The summed E-state index contributed by atoms with van der Waals surface area (Å²) in [6, 6.07) is 15.6. The van der Waals surface area contributed by atoms with Crippen molar-refractivity contribution in [1.82, 2.24) is 0 Å². The van der Waals surface area contributed by atoms with Gasteiger partial charge in [0.05, 0.1) is 6.07 Å². The smallest absolute Gasteiger partial charge is 0.205 e. The first kappa shape index (κ1) is 13.2. The Hall–Kier alpha value is -2.80. The van der Waals surface area contributed by atoms with Gasteiger partial charge in [-0.25, -0.2) is 0 Å². The Bertz CT molecular complexity index is 761. The number of anilines is 1. The molecule has 2 atom stereocenters. The molecule has 4 nitrogen and oxygen atoms in total. The van der Waals surface area contributed by atoms with Crippen LogP contribution in [0.1, 0.15) is 22.6 Å². The summed E-state index contributed by atoms with van der Waals surface area (Å²) < 4.78 is 5.48. The summed E-state index contributed by atoms with van der Waals surface area (Å²) in [5, 5.41) is 17.4. The minimum absolute atomic E-state index is 0.0258. The lowest BCUT2D eigenvalue weighted by Gasteiger charge is -2.30. The summed E-state index contributed by atoms with van der Waals surface area (Å²) in [4.78, 5) is 0. The van der Waals surface area contributed by atoms with Gasteiger partial charge in [0.2, 0.25) is 5.90 Å². The standard InChI is InChI=1S/C17H15N3O/c1-10-3-2-4-11(7-10)16-13-6-5-12(19)8-15(13)21-17(20)14(16)9-18/h2-8,14,16,20H,19H2,1H3. The van der Waals surface area contributed by atoms with Gasteiger partial charge in [0.15, 0.2) is 0 Å². The lowest BCUT2D eigenvalue weighted by atomic mass is 9.79. The van der Waals surface area contributed by atoms with Gasteiger partial charge in [-0.15, -0.1) is 0 Å². The van der Waals surface area contributed by atoms with Crippen LogP contribution in [-0.4, -0.2) is 5.90 Å². The topological polar surface area (TPSA) is 82.9 Å². The quantitative estimate of drug-likeness (QED) is 0.785. The number of nitrogens with zero attached hydrogens (tertiary/aromatic N) is 1. The van der Waals surface area contributed by atoms with Gasteiger partial charge in [0, 0.05) is 23.2 Å². The Kier molecular flexibility index (Phi) is 3.11. The Labute approximate surface area is 123 Å². The number of benzene rings is 2. The second-order valence-corrected chi connectivity index (χ2v) is 5.26. The van der Waals surface area contributed by atoms with E-state index in [9.17, 15) is 5.26 Å². The summed E-state index contributed by atoms with van der Waals surface area (Å²) in [7, 11) is 0. The average Bonchev–Trinajstić information content (AvgIpc) is 2.45. The zero-order valence-corrected chi connectivity index (χ0v) is 11.6. The molecule has 2 aromatic rings. The van der Waals surface area contributed by atoms with E-state index in [-0.39, 0.29) is 11.8 Å². The number of ether oxygens (including phenoxy) is 1. The summed E-state index contributed by atoms with van der Waals surface area (Å²) >= 11 is 0. The molecule has 0 spiro atoms. The SMILES string of the molecule is Cc1cccc(C2c3ccc(N)cc3OC(=N)C2C#N)c1. The van der Waals surface area contributed by atoms with E-state index in [4.69, 9.17) is 15.9 Å². The minimum atomic E-state index is -0.622. The van der Waals surface area contributed by atoms with E-state index in [0.29, 0.717) is 11.4 Å². The van der Waals surface area contributed by atoms with Crippen molar-refractivity contribution >= 4 is 11.6 Å². The summed E-state index contributed by atoms with van der Waals surface area (Å²) in [5.74, 6) is -0.283. The highest BCUT2D eigenvalue weighted by atomic mass is 16.5. The van der Waals surface area contributed by atoms with Crippen molar-refractivity contribution in [2.75, 3.05) is 5.73 Å². The predicted molar refractivity (Wildman–Crippen MR) is 81.3 cm³/mol. The molecular weight excluding hydrogens is 262 g/mol. The molecule has 21 heavy (non-hydrogen) atoms. The number of rotatable bonds is 1. The summed E-state index contributed by atoms with van der Waals surface area (Å²) in [6.45, 7) is 2.01. The molecule has 0 saturated heterocycles. The third-order valence-electron chi connectivity index (χ3n) is 3.75. The van der Waals surface area contributed by atoms with E-state index in [1.165, 1.54) is 0 Å². The summed E-state index contributed by atoms with van der Waals surface area (Å²) in [5.41, 5.74) is 9.41. The van der Waals surface area contributed by atoms with Gasteiger partial charge in [-0.1, -0.05) is 35.9 Å². The summed E-state index contributed by atoms with van der Waals surface area (Å²) in [6.07, 6.45) is 0. The molecule has 0 radical (unpaired) electrons. The molecule has 2 unspecified atom stereocenters. The number of nitrogens with one attached hydrogen (secondary N) is 1. The van der Waals surface area contributed by atoms with Gasteiger partial charge in [0.1, 0.15) is 11.7 Å². The molecule has 104 valence electrons. The molecule has 2 aromatic carbocycles. The highest BCUT2D eigenvalue weighted by Crippen LogP contribution is 2.42. The van der Waals surface area contributed by atoms with Crippen LogP contribution >= 0.6 is 0 Å². The van der Waals surface area contributed by atoms with Gasteiger partial charge in [-0.3, -0.25) is 5.41 Å². The van der Waals surface area contributed by atoms with Gasteiger partial charge in [-0.2, -0.15) is 5.26 Å². The number of hydrogen-bond acceptors (Lipinski definition) is 4.